The van der Waals surface area contributed by atoms with E-state index in [-0.39, 0.29) is 40.9 Å². The summed E-state index contributed by atoms with van der Waals surface area (Å²) in [5, 5.41) is 11.5. The first-order valence-corrected chi connectivity index (χ1v) is 12.2. The van der Waals surface area contributed by atoms with Gasteiger partial charge in [0.2, 0.25) is 16.0 Å². The molecule has 5 rings (SSSR count). The number of H-pyrrole nitrogens is 1. The van der Waals surface area contributed by atoms with Gasteiger partial charge in [-0.1, -0.05) is 0 Å². The molecular formula is C21H22N8O5S. The minimum Gasteiger partial charge on any atom is -0.379 e. The van der Waals surface area contributed by atoms with Gasteiger partial charge in [0.1, 0.15) is 11.2 Å². The van der Waals surface area contributed by atoms with E-state index in [9.17, 15) is 18.0 Å². The van der Waals surface area contributed by atoms with Gasteiger partial charge < -0.3 is 10.1 Å². The van der Waals surface area contributed by atoms with Crippen molar-refractivity contribution >= 4 is 32.8 Å². The Kier molecular flexibility index (Phi) is 5.70. The number of aryl methyl sites for hydroxylation is 2. The Labute approximate surface area is 199 Å². The first-order chi connectivity index (χ1) is 16.7. The van der Waals surface area contributed by atoms with Crippen molar-refractivity contribution in [1.82, 2.24) is 33.8 Å². The zero-order chi connectivity index (χ0) is 24.7. The molecule has 1 aromatic carbocycles. The number of rotatable bonds is 5. The molecule has 2 N–H and O–H groups in total. The number of benzene rings is 1. The highest BCUT2D eigenvalue weighted by Crippen LogP contribution is 2.20. The Bertz CT molecular complexity index is 1580. The molecule has 1 amide bonds. The van der Waals surface area contributed by atoms with Gasteiger partial charge in [0.15, 0.2) is 5.65 Å². The molecule has 182 valence electrons. The van der Waals surface area contributed by atoms with Gasteiger partial charge in [-0.2, -0.15) is 24.2 Å². The third-order valence-electron chi connectivity index (χ3n) is 5.59. The second-order valence-electron chi connectivity index (χ2n) is 7.97. The smallest absolute Gasteiger partial charge is 0.263 e. The van der Waals surface area contributed by atoms with Crippen LogP contribution < -0.4 is 10.9 Å². The van der Waals surface area contributed by atoms with E-state index < -0.39 is 15.9 Å². The van der Waals surface area contributed by atoms with E-state index in [0.29, 0.717) is 29.9 Å². The Morgan fingerprint density at radius 3 is 2.60 bits per heavy atom. The number of sulfonamides is 1. The maximum absolute atomic E-state index is 12.9. The van der Waals surface area contributed by atoms with Crippen LogP contribution in [0.5, 0.6) is 0 Å². The van der Waals surface area contributed by atoms with Gasteiger partial charge in [-0.25, -0.2) is 8.42 Å². The molecule has 0 atom stereocenters. The first-order valence-electron chi connectivity index (χ1n) is 10.7. The predicted molar refractivity (Wildman–Crippen MR) is 125 cm³/mol. The Morgan fingerprint density at radius 2 is 1.89 bits per heavy atom. The SMILES string of the molecule is Cc1cc(NC(=O)c2ccc(S(=O)(=O)N3CCOCC3)cc2)n(-c2nc3c(cnn3C)c(=O)[nH]2)n1. The summed E-state index contributed by atoms with van der Waals surface area (Å²) in [7, 11) is -2.00. The Morgan fingerprint density at radius 1 is 1.17 bits per heavy atom. The monoisotopic (exact) mass is 498 g/mol. The van der Waals surface area contributed by atoms with Crippen LogP contribution in [0.3, 0.4) is 0 Å². The third-order valence-corrected chi connectivity index (χ3v) is 7.50. The molecule has 0 radical (unpaired) electrons. The number of morpholine rings is 1. The van der Waals surface area contributed by atoms with Crippen molar-refractivity contribution < 1.29 is 17.9 Å². The zero-order valence-corrected chi connectivity index (χ0v) is 19.7. The number of amides is 1. The number of carbonyl (C=O) groups is 1. The van der Waals surface area contributed by atoms with Crippen molar-refractivity contribution in [3.8, 4) is 5.95 Å². The molecule has 0 bridgehead atoms. The lowest BCUT2D eigenvalue weighted by Crippen LogP contribution is -2.40. The van der Waals surface area contributed by atoms with E-state index in [1.54, 1.807) is 20.0 Å². The van der Waals surface area contributed by atoms with Crippen LogP contribution in [0.25, 0.3) is 17.0 Å². The van der Waals surface area contributed by atoms with Crippen LogP contribution >= 0.6 is 0 Å². The summed E-state index contributed by atoms with van der Waals surface area (Å²) in [6, 6.07) is 7.31. The second-order valence-corrected chi connectivity index (χ2v) is 9.91. The standard InChI is InChI=1S/C21H22N8O5S/c1-13-11-17(29(26-13)21-24-18-16(20(31)25-21)12-22-27(18)2)23-19(30)14-3-5-15(6-4-14)35(32,33)28-7-9-34-10-8-28/h3-6,11-12H,7-10H2,1-2H3,(H,23,30)(H,24,25,31). The van der Waals surface area contributed by atoms with E-state index in [4.69, 9.17) is 4.74 Å². The van der Waals surface area contributed by atoms with E-state index >= 15 is 0 Å². The van der Waals surface area contributed by atoms with Gasteiger partial charge in [-0.15, -0.1) is 0 Å². The Balaban J connectivity index is 1.40. The van der Waals surface area contributed by atoms with Crippen molar-refractivity contribution in [1.29, 1.82) is 0 Å². The molecule has 0 saturated carbocycles. The third kappa shape index (κ3) is 4.22. The second kappa shape index (κ2) is 8.72. The highest BCUT2D eigenvalue weighted by atomic mass is 32.2. The van der Waals surface area contributed by atoms with Gasteiger partial charge >= 0.3 is 0 Å². The average Bonchev–Trinajstić information content (AvgIpc) is 3.42. The fourth-order valence-corrected chi connectivity index (χ4v) is 5.18. The summed E-state index contributed by atoms with van der Waals surface area (Å²) in [5.74, 6) is -0.0888. The van der Waals surface area contributed by atoms with Crippen molar-refractivity contribution in [2.75, 3.05) is 31.6 Å². The number of nitrogens with zero attached hydrogens (tertiary/aromatic N) is 6. The summed E-state index contributed by atoms with van der Waals surface area (Å²) in [5.41, 5.74) is 0.812. The van der Waals surface area contributed by atoms with Gasteiger partial charge in [-0.3, -0.25) is 19.3 Å². The fraction of sp³-hybridized carbons (Fsp3) is 0.286. The van der Waals surface area contributed by atoms with Crippen molar-refractivity contribution in [3.63, 3.8) is 0 Å². The van der Waals surface area contributed by atoms with Gasteiger partial charge in [0.05, 0.1) is 30.0 Å². The maximum atomic E-state index is 12.9. The van der Waals surface area contributed by atoms with Crippen LogP contribution in [0, 0.1) is 6.92 Å². The molecular weight excluding hydrogens is 476 g/mol. The van der Waals surface area contributed by atoms with Crippen molar-refractivity contribution in [2.24, 2.45) is 7.05 Å². The summed E-state index contributed by atoms with van der Waals surface area (Å²) in [4.78, 5) is 32.5. The summed E-state index contributed by atoms with van der Waals surface area (Å²) >= 11 is 0. The highest BCUT2D eigenvalue weighted by Gasteiger charge is 2.26. The molecule has 4 heterocycles. The van der Waals surface area contributed by atoms with E-state index in [1.165, 1.54) is 44.1 Å². The first kappa shape index (κ1) is 22.9. The summed E-state index contributed by atoms with van der Waals surface area (Å²) < 4.78 is 35.0. The topological polar surface area (TPSA) is 157 Å². The lowest BCUT2D eigenvalue weighted by Gasteiger charge is -2.26. The van der Waals surface area contributed by atoms with Crippen LogP contribution in [0.2, 0.25) is 0 Å². The molecule has 1 aliphatic rings. The quantitative estimate of drug-likeness (QED) is 0.401. The largest absolute Gasteiger partial charge is 0.379 e. The van der Waals surface area contributed by atoms with Crippen LogP contribution in [-0.4, -0.2) is 74.5 Å². The molecule has 35 heavy (non-hydrogen) atoms. The molecule has 1 aliphatic heterocycles. The fourth-order valence-electron chi connectivity index (χ4n) is 3.77. The number of nitrogens with one attached hydrogen (secondary N) is 2. The molecule has 13 nitrogen and oxygen atoms in total. The molecule has 3 aromatic heterocycles. The number of ether oxygens (including phenoxy) is 1. The van der Waals surface area contributed by atoms with Crippen molar-refractivity contribution in [2.45, 2.75) is 11.8 Å². The highest BCUT2D eigenvalue weighted by molar-refractivity contribution is 7.89. The van der Waals surface area contributed by atoms with E-state index in [2.05, 4.69) is 25.5 Å². The molecule has 1 saturated heterocycles. The number of aromatic amines is 1. The molecule has 0 aliphatic carbocycles. The molecule has 14 heteroatoms. The molecule has 1 fully saturated rings. The number of hydrogen-bond acceptors (Lipinski definition) is 8. The van der Waals surface area contributed by atoms with Crippen LogP contribution in [0.4, 0.5) is 5.82 Å². The average molecular weight is 499 g/mol. The Hall–Kier alpha value is -3.88. The lowest BCUT2D eigenvalue weighted by molar-refractivity contribution is 0.0730. The van der Waals surface area contributed by atoms with Gasteiger partial charge in [0, 0.05) is 31.8 Å². The zero-order valence-electron chi connectivity index (χ0n) is 18.9. The summed E-state index contributed by atoms with van der Waals surface area (Å²) in [6.07, 6.45) is 1.42. The van der Waals surface area contributed by atoms with E-state index in [0.717, 1.165) is 0 Å². The minimum absolute atomic E-state index is 0.100. The van der Waals surface area contributed by atoms with E-state index in [1.807, 2.05) is 0 Å². The number of fused-ring (bicyclic) bond motifs is 1. The number of carbonyl (C=O) groups excluding carboxylic acids is 1. The predicted octanol–water partition coefficient (Wildman–Crippen LogP) is 0.424. The van der Waals surface area contributed by atoms with Crippen LogP contribution in [0.1, 0.15) is 16.1 Å². The van der Waals surface area contributed by atoms with Gasteiger partial charge in [0.25, 0.3) is 11.5 Å². The lowest BCUT2D eigenvalue weighted by atomic mass is 10.2. The molecule has 0 spiro atoms. The molecule has 0 unspecified atom stereocenters. The number of hydrogen-bond donors (Lipinski definition) is 2. The normalized spacial score (nSPS) is 14.9. The van der Waals surface area contributed by atoms with Crippen LogP contribution in [-0.2, 0) is 21.8 Å². The summed E-state index contributed by atoms with van der Waals surface area (Å²) in [6.45, 7) is 3.00. The van der Waals surface area contributed by atoms with Gasteiger partial charge in [-0.05, 0) is 31.2 Å². The maximum Gasteiger partial charge on any atom is 0.263 e. The van der Waals surface area contributed by atoms with Crippen molar-refractivity contribution in [3.05, 3.63) is 58.1 Å². The minimum atomic E-state index is -3.67. The van der Waals surface area contributed by atoms with Crippen LogP contribution in [0.15, 0.2) is 46.2 Å². The number of anilines is 1. The molecule has 4 aromatic rings. The number of aromatic nitrogens is 6.